The maximum Gasteiger partial charge on any atom is 0.0863 e. The molecular weight excluding hydrogens is 178 g/mol. The maximum absolute atomic E-state index is 6.13. The third kappa shape index (κ3) is 1.95. The van der Waals surface area contributed by atoms with Crippen molar-refractivity contribution in [3.05, 3.63) is 0 Å². The lowest BCUT2D eigenvalue weighted by Gasteiger charge is -2.54. The molecular formula is C11H21NO2. The first kappa shape index (κ1) is 10.4. The zero-order chi connectivity index (χ0) is 10.2. The van der Waals surface area contributed by atoms with E-state index < -0.39 is 0 Å². The molecule has 1 aliphatic heterocycles. The van der Waals surface area contributed by atoms with Gasteiger partial charge in [-0.2, -0.15) is 0 Å². The van der Waals surface area contributed by atoms with Gasteiger partial charge >= 0.3 is 0 Å². The molecule has 0 aromatic carbocycles. The predicted molar refractivity (Wildman–Crippen MR) is 55.4 cm³/mol. The lowest BCUT2D eigenvalue weighted by Crippen LogP contribution is -2.65. The Morgan fingerprint density at radius 1 is 1.36 bits per heavy atom. The second kappa shape index (κ2) is 3.47. The Kier molecular flexibility index (Phi) is 2.58. The fraction of sp³-hybridized carbons (Fsp3) is 1.00. The summed E-state index contributed by atoms with van der Waals surface area (Å²) >= 11 is 0. The standard InChI is InChI=1S/C11H21NO2/c1-4-13-9-5-11(6-9)8-12-7-10(2,3)14-11/h9,12H,4-8H2,1-3H3. The number of rotatable bonds is 2. The lowest BCUT2D eigenvalue weighted by atomic mass is 9.75. The van der Waals surface area contributed by atoms with E-state index in [2.05, 4.69) is 26.1 Å². The summed E-state index contributed by atoms with van der Waals surface area (Å²) in [4.78, 5) is 0. The van der Waals surface area contributed by atoms with Gasteiger partial charge in [-0.15, -0.1) is 0 Å². The molecule has 0 aromatic heterocycles. The molecule has 0 radical (unpaired) electrons. The average molecular weight is 199 g/mol. The van der Waals surface area contributed by atoms with E-state index in [-0.39, 0.29) is 11.2 Å². The van der Waals surface area contributed by atoms with Gasteiger partial charge in [0.2, 0.25) is 0 Å². The molecule has 3 heteroatoms. The minimum Gasteiger partial charge on any atom is -0.378 e. The summed E-state index contributed by atoms with van der Waals surface area (Å²) in [7, 11) is 0. The van der Waals surface area contributed by atoms with Crippen molar-refractivity contribution in [1.29, 1.82) is 0 Å². The first-order valence-electron chi connectivity index (χ1n) is 5.58. The smallest absolute Gasteiger partial charge is 0.0863 e. The van der Waals surface area contributed by atoms with Crippen LogP contribution in [-0.2, 0) is 9.47 Å². The SMILES string of the molecule is CCOC1CC2(CNCC(C)(C)O2)C1. The van der Waals surface area contributed by atoms with Gasteiger partial charge in [0.1, 0.15) is 0 Å². The number of nitrogens with one attached hydrogen (secondary N) is 1. The van der Waals surface area contributed by atoms with Crippen LogP contribution in [0.2, 0.25) is 0 Å². The molecule has 0 unspecified atom stereocenters. The van der Waals surface area contributed by atoms with E-state index in [0.717, 1.165) is 32.5 Å². The van der Waals surface area contributed by atoms with Crippen LogP contribution in [0.4, 0.5) is 0 Å². The van der Waals surface area contributed by atoms with Crippen molar-refractivity contribution in [2.75, 3.05) is 19.7 Å². The summed E-state index contributed by atoms with van der Waals surface area (Å²) in [6.45, 7) is 9.10. The largest absolute Gasteiger partial charge is 0.378 e. The zero-order valence-corrected chi connectivity index (χ0v) is 9.43. The molecule has 0 bridgehead atoms. The van der Waals surface area contributed by atoms with Crippen molar-refractivity contribution >= 4 is 0 Å². The van der Waals surface area contributed by atoms with Crippen molar-refractivity contribution in [2.24, 2.45) is 0 Å². The second-order valence-electron chi connectivity index (χ2n) is 5.13. The van der Waals surface area contributed by atoms with Gasteiger partial charge < -0.3 is 14.8 Å². The van der Waals surface area contributed by atoms with Gasteiger partial charge in [-0.1, -0.05) is 0 Å². The monoisotopic (exact) mass is 199 g/mol. The number of morpholine rings is 1. The highest BCUT2D eigenvalue weighted by molar-refractivity contribution is 5.03. The van der Waals surface area contributed by atoms with E-state index in [1.165, 1.54) is 0 Å². The van der Waals surface area contributed by atoms with Gasteiger partial charge in [0, 0.05) is 32.5 Å². The molecule has 2 aliphatic rings. The van der Waals surface area contributed by atoms with Gasteiger partial charge in [0.05, 0.1) is 17.3 Å². The van der Waals surface area contributed by atoms with Gasteiger partial charge in [0.25, 0.3) is 0 Å². The van der Waals surface area contributed by atoms with Crippen LogP contribution in [0.25, 0.3) is 0 Å². The van der Waals surface area contributed by atoms with Crippen LogP contribution in [-0.4, -0.2) is 37.0 Å². The van der Waals surface area contributed by atoms with Crippen LogP contribution in [0, 0.1) is 0 Å². The highest BCUT2D eigenvalue weighted by atomic mass is 16.5. The lowest BCUT2D eigenvalue weighted by molar-refractivity contribution is -0.234. The Hall–Kier alpha value is -0.120. The molecule has 14 heavy (non-hydrogen) atoms. The normalized spacial score (nSPS) is 40.9. The Balaban J connectivity index is 1.87. The summed E-state index contributed by atoms with van der Waals surface area (Å²) in [5.41, 5.74) is 0.0526. The van der Waals surface area contributed by atoms with Gasteiger partial charge in [0.15, 0.2) is 0 Å². The number of hydrogen-bond donors (Lipinski definition) is 1. The highest BCUT2D eigenvalue weighted by Crippen LogP contribution is 2.41. The molecule has 2 rings (SSSR count). The zero-order valence-electron chi connectivity index (χ0n) is 9.43. The summed E-state index contributed by atoms with van der Waals surface area (Å²) in [6.07, 6.45) is 2.53. The van der Waals surface area contributed by atoms with Crippen molar-refractivity contribution in [2.45, 2.75) is 50.9 Å². The average Bonchev–Trinajstić information content (AvgIpc) is 2.00. The predicted octanol–water partition coefficient (Wildman–Crippen LogP) is 1.32. The van der Waals surface area contributed by atoms with Gasteiger partial charge in [-0.25, -0.2) is 0 Å². The van der Waals surface area contributed by atoms with Crippen LogP contribution in [0.15, 0.2) is 0 Å². The summed E-state index contributed by atoms with van der Waals surface area (Å²) < 4.78 is 11.7. The van der Waals surface area contributed by atoms with E-state index in [1.807, 2.05) is 0 Å². The summed E-state index contributed by atoms with van der Waals surface area (Å²) in [6, 6.07) is 0. The Bertz CT molecular complexity index is 209. The third-order valence-electron chi connectivity index (χ3n) is 3.09. The molecule has 2 fully saturated rings. The van der Waals surface area contributed by atoms with Crippen molar-refractivity contribution in [3.8, 4) is 0 Å². The Morgan fingerprint density at radius 2 is 2.07 bits per heavy atom. The van der Waals surface area contributed by atoms with Crippen molar-refractivity contribution < 1.29 is 9.47 Å². The first-order chi connectivity index (χ1) is 6.55. The van der Waals surface area contributed by atoms with Crippen molar-refractivity contribution in [1.82, 2.24) is 5.32 Å². The molecule has 1 spiro atoms. The summed E-state index contributed by atoms with van der Waals surface area (Å²) in [5, 5.41) is 3.45. The van der Waals surface area contributed by atoms with E-state index in [9.17, 15) is 0 Å². The van der Waals surface area contributed by atoms with Crippen molar-refractivity contribution in [3.63, 3.8) is 0 Å². The molecule has 1 N–H and O–H groups in total. The molecule has 0 amide bonds. The minimum atomic E-state index is -0.0184. The van der Waals surface area contributed by atoms with Crippen LogP contribution in [0.3, 0.4) is 0 Å². The maximum atomic E-state index is 6.13. The first-order valence-corrected chi connectivity index (χ1v) is 5.58. The second-order valence-corrected chi connectivity index (χ2v) is 5.13. The molecule has 3 nitrogen and oxygen atoms in total. The molecule has 1 saturated heterocycles. The van der Waals surface area contributed by atoms with E-state index >= 15 is 0 Å². The minimum absolute atomic E-state index is 0.0184. The third-order valence-corrected chi connectivity index (χ3v) is 3.09. The van der Waals surface area contributed by atoms with E-state index in [1.54, 1.807) is 0 Å². The van der Waals surface area contributed by atoms with Gasteiger partial charge in [-0.3, -0.25) is 0 Å². The fourth-order valence-corrected chi connectivity index (χ4v) is 2.60. The number of hydrogen-bond acceptors (Lipinski definition) is 3. The molecule has 1 heterocycles. The van der Waals surface area contributed by atoms with Crippen LogP contribution in [0.1, 0.15) is 33.6 Å². The highest BCUT2D eigenvalue weighted by Gasteiger charge is 2.50. The Morgan fingerprint density at radius 3 is 2.64 bits per heavy atom. The molecule has 82 valence electrons. The quantitative estimate of drug-likeness (QED) is 0.727. The fourth-order valence-electron chi connectivity index (χ4n) is 2.60. The topological polar surface area (TPSA) is 30.5 Å². The molecule has 1 aliphatic carbocycles. The van der Waals surface area contributed by atoms with Crippen LogP contribution in [0.5, 0.6) is 0 Å². The van der Waals surface area contributed by atoms with Crippen LogP contribution >= 0.6 is 0 Å². The van der Waals surface area contributed by atoms with Crippen LogP contribution < -0.4 is 5.32 Å². The molecule has 0 atom stereocenters. The molecule has 1 saturated carbocycles. The summed E-state index contributed by atoms with van der Waals surface area (Å²) in [5.74, 6) is 0. The van der Waals surface area contributed by atoms with E-state index in [4.69, 9.17) is 9.47 Å². The van der Waals surface area contributed by atoms with E-state index in [0.29, 0.717) is 6.10 Å². The Labute approximate surface area is 86.2 Å². The van der Waals surface area contributed by atoms with Gasteiger partial charge in [-0.05, 0) is 20.8 Å². The number of ether oxygens (including phenoxy) is 2. The molecule has 0 aromatic rings.